The zero-order chi connectivity index (χ0) is 15.3. The van der Waals surface area contributed by atoms with Gasteiger partial charge in [-0.2, -0.15) is 0 Å². The molecular weight excluding hydrogens is 258 g/mol. The lowest BCUT2D eigenvalue weighted by Crippen LogP contribution is -2.31. The minimum absolute atomic E-state index is 0.392. The summed E-state index contributed by atoms with van der Waals surface area (Å²) in [7, 11) is 0. The SMILES string of the molecule is C#Cc1ccccc1[C@@H](C[N+](=O)[O-])C(C(C)=O)C(C)=O. The fourth-order valence-electron chi connectivity index (χ4n) is 2.35. The Morgan fingerprint density at radius 1 is 1.30 bits per heavy atom. The number of nitrogens with zero attached hydrogens (tertiary/aromatic N) is 1. The van der Waals surface area contributed by atoms with Gasteiger partial charge in [-0.1, -0.05) is 24.1 Å². The van der Waals surface area contributed by atoms with E-state index >= 15 is 0 Å². The Bertz CT molecular complexity index is 572. The third kappa shape index (κ3) is 3.51. The van der Waals surface area contributed by atoms with E-state index in [9.17, 15) is 19.7 Å². The molecule has 0 radical (unpaired) electrons. The number of carbonyl (C=O) groups is 2. The summed E-state index contributed by atoms with van der Waals surface area (Å²) >= 11 is 0. The van der Waals surface area contributed by atoms with Crippen LogP contribution in [0.2, 0.25) is 0 Å². The van der Waals surface area contributed by atoms with E-state index in [4.69, 9.17) is 6.42 Å². The summed E-state index contributed by atoms with van der Waals surface area (Å²) in [5.74, 6) is -0.235. The molecule has 0 unspecified atom stereocenters. The molecule has 20 heavy (non-hydrogen) atoms. The monoisotopic (exact) mass is 273 g/mol. The van der Waals surface area contributed by atoms with Crippen LogP contribution in [0.15, 0.2) is 24.3 Å². The van der Waals surface area contributed by atoms with Crippen LogP contribution in [0.1, 0.15) is 30.9 Å². The van der Waals surface area contributed by atoms with Crippen molar-refractivity contribution in [3.8, 4) is 12.3 Å². The smallest absolute Gasteiger partial charge is 0.211 e. The first-order valence-corrected chi connectivity index (χ1v) is 6.06. The lowest BCUT2D eigenvalue weighted by atomic mass is 9.79. The number of terminal acetylenes is 1. The first kappa shape index (κ1) is 15.6. The first-order chi connectivity index (χ1) is 9.38. The quantitative estimate of drug-likeness (QED) is 0.343. The van der Waals surface area contributed by atoms with Crippen LogP contribution in [-0.4, -0.2) is 23.0 Å². The number of hydrogen-bond donors (Lipinski definition) is 0. The van der Waals surface area contributed by atoms with Crippen molar-refractivity contribution in [2.75, 3.05) is 6.54 Å². The summed E-state index contributed by atoms with van der Waals surface area (Å²) in [5.41, 5.74) is 0.953. The standard InChI is InChI=1S/C15H15NO4/c1-4-12-7-5-6-8-13(12)14(9-16(19)20)15(10(2)17)11(3)18/h1,5-8,14-15H,9H2,2-3H3/t14-/m1/s1. The molecule has 0 aromatic heterocycles. The molecule has 1 aromatic rings. The average molecular weight is 273 g/mol. The Kier molecular flexibility index (Phi) is 5.15. The molecule has 5 heteroatoms. The summed E-state index contributed by atoms with van der Waals surface area (Å²) < 4.78 is 0. The van der Waals surface area contributed by atoms with Gasteiger partial charge in [0.15, 0.2) is 0 Å². The maximum Gasteiger partial charge on any atom is 0.211 e. The zero-order valence-corrected chi connectivity index (χ0v) is 11.3. The molecule has 0 amide bonds. The van der Waals surface area contributed by atoms with Crippen LogP contribution in [0.3, 0.4) is 0 Å². The van der Waals surface area contributed by atoms with E-state index in [1.54, 1.807) is 24.3 Å². The predicted molar refractivity (Wildman–Crippen MR) is 73.8 cm³/mol. The Labute approximate surface area is 117 Å². The topological polar surface area (TPSA) is 77.3 Å². The molecule has 0 aliphatic rings. The van der Waals surface area contributed by atoms with Gasteiger partial charge < -0.3 is 0 Å². The Balaban J connectivity index is 3.38. The molecule has 0 N–H and O–H groups in total. The number of Topliss-reactive ketones (excluding diaryl/α,β-unsaturated/α-hetero) is 2. The van der Waals surface area contributed by atoms with E-state index in [0.29, 0.717) is 11.1 Å². The van der Waals surface area contributed by atoms with Crippen molar-refractivity contribution >= 4 is 11.6 Å². The third-order valence-electron chi connectivity index (χ3n) is 3.14. The van der Waals surface area contributed by atoms with Crippen molar-refractivity contribution in [1.29, 1.82) is 0 Å². The lowest BCUT2D eigenvalue weighted by molar-refractivity contribution is -0.484. The van der Waals surface area contributed by atoms with Crippen LogP contribution in [0.4, 0.5) is 0 Å². The van der Waals surface area contributed by atoms with Gasteiger partial charge in [-0.3, -0.25) is 19.7 Å². The molecule has 0 aliphatic heterocycles. The first-order valence-electron chi connectivity index (χ1n) is 6.06. The number of rotatable bonds is 6. The van der Waals surface area contributed by atoms with Crippen LogP contribution in [0, 0.1) is 28.4 Å². The van der Waals surface area contributed by atoms with Crippen LogP contribution < -0.4 is 0 Å². The van der Waals surface area contributed by atoms with E-state index in [2.05, 4.69) is 5.92 Å². The molecule has 0 heterocycles. The second-order valence-corrected chi connectivity index (χ2v) is 4.55. The molecule has 1 rings (SSSR count). The summed E-state index contributed by atoms with van der Waals surface area (Å²) in [6.45, 7) is 2.01. The number of ketones is 2. The van der Waals surface area contributed by atoms with Gasteiger partial charge in [0.25, 0.3) is 0 Å². The van der Waals surface area contributed by atoms with Crippen LogP contribution >= 0.6 is 0 Å². The highest BCUT2D eigenvalue weighted by molar-refractivity contribution is 6.01. The van der Waals surface area contributed by atoms with Crippen molar-refractivity contribution < 1.29 is 14.5 Å². The van der Waals surface area contributed by atoms with E-state index in [0.717, 1.165) is 0 Å². The number of hydrogen-bond acceptors (Lipinski definition) is 4. The summed E-state index contributed by atoms with van der Waals surface area (Å²) in [4.78, 5) is 33.7. The van der Waals surface area contributed by atoms with Gasteiger partial charge in [0.05, 0.1) is 11.8 Å². The maximum atomic E-state index is 11.7. The van der Waals surface area contributed by atoms with Crippen molar-refractivity contribution in [2.45, 2.75) is 19.8 Å². The van der Waals surface area contributed by atoms with Gasteiger partial charge in [-0.15, -0.1) is 6.42 Å². The largest absolute Gasteiger partial charge is 0.299 e. The molecule has 0 saturated carbocycles. The van der Waals surface area contributed by atoms with Crippen LogP contribution in [-0.2, 0) is 9.59 Å². The van der Waals surface area contributed by atoms with Crippen molar-refractivity contribution in [1.82, 2.24) is 0 Å². The highest BCUT2D eigenvalue weighted by Crippen LogP contribution is 2.29. The minimum Gasteiger partial charge on any atom is -0.299 e. The lowest BCUT2D eigenvalue weighted by Gasteiger charge is -2.21. The van der Waals surface area contributed by atoms with Crippen LogP contribution in [0.25, 0.3) is 0 Å². The van der Waals surface area contributed by atoms with Gasteiger partial charge in [0.2, 0.25) is 6.54 Å². The Hall–Kier alpha value is -2.48. The fourth-order valence-corrected chi connectivity index (χ4v) is 2.35. The zero-order valence-electron chi connectivity index (χ0n) is 11.3. The molecule has 1 aromatic carbocycles. The normalized spacial score (nSPS) is 11.7. The molecule has 0 fully saturated rings. The van der Waals surface area contributed by atoms with E-state index in [-0.39, 0.29) is 0 Å². The minimum atomic E-state index is -1.05. The van der Waals surface area contributed by atoms with Crippen molar-refractivity contribution in [2.24, 2.45) is 5.92 Å². The summed E-state index contributed by atoms with van der Waals surface area (Å²) in [5, 5.41) is 10.9. The second kappa shape index (κ2) is 6.62. The highest BCUT2D eigenvalue weighted by atomic mass is 16.6. The molecule has 0 spiro atoms. The molecule has 0 bridgehead atoms. The molecule has 0 saturated heterocycles. The molecule has 1 atom stereocenters. The van der Waals surface area contributed by atoms with E-state index in [1.165, 1.54) is 13.8 Å². The van der Waals surface area contributed by atoms with E-state index in [1.807, 2.05) is 0 Å². The van der Waals surface area contributed by atoms with E-state index < -0.39 is 34.9 Å². The second-order valence-electron chi connectivity index (χ2n) is 4.55. The maximum absolute atomic E-state index is 11.7. The van der Waals surface area contributed by atoms with Gasteiger partial charge in [0, 0.05) is 10.5 Å². The van der Waals surface area contributed by atoms with Gasteiger partial charge in [-0.05, 0) is 25.5 Å². The summed E-state index contributed by atoms with van der Waals surface area (Å²) in [6.07, 6.45) is 5.38. The average Bonchev–Trinajstić information content (AvgIpc) is 2.36. The molecule has 104 valence electrons. The fraction of sp³-hybridized carbons (Fsp3) is 0.333. The predicted octanol–water partition coefficient (Wildman–Crippen LogP) is 1.82. The summed E-state index contributed by atoms with van der Waals surface area (Å²) in [6, 6.07) is 6.65. The highest BCUT2D eigenvalue weighted by Gasteiger charge is 2.35. The van der Waals surface area contributed by atoms with Gasteiger partial charge >= 0.3 is 0 Å². The van der Waals surface area contributed by atoms with Crippen molar-refractivity contribution in [3.63, 3.8) is 0 Å². The number of carbonyl (C=O) groups excluding carboxylic acids is 2. The third-order valence-corrected chi connectivity index (χ3v) is 3.14. The molecular formula is C15H15NO4. The number of benzene rings is 1. The Morgan fingerprint density at radius 2 is 1.85 bits per heavy atom. The Morgan fingerprint density at radius 3 is 2.30 bits per heavy atom. The van der Waals surface area contributed by atoms with Gasteiger partial charge in [0.1, 0.15) is 11.6 Å². The van der Waals surface area contributed by atoms with Crippen molar-refractivity contribution in [3.05, 3.63) is 45.5 Å². The molecule has 0 aliphatic carbocycles. The van der Waals surface area contributed by atoms with Gasteiger partial charge in [-0.25, -0.2) is 0 Å². The molecule has 5 nitrogen and oxygen atoms in total. The number of nitro groups is 1. The van der Waals surface area contributed by atoms with Crippen LogP contribution in [0.5, 0.6) is 0 Å².